The SMILES string of the molecule is COC=C1[C@@H](CCC(C)=O)[C@H](C)CC[C@H]1[C@@H](C)C(=O)O. The summed E-state index contributed by atoms with van der Waals surface area (Å²) in [5, 5.41) is 9.27. The monoisotopic (exact) mass is 282 g/mol. The molecule has 0 saturated heterocycles. The average molecular weight is 282 g/mol. The highest BCUT2D eigenvalue weighted by atomic mass is 16.5. The highest BCUT2D eigenvalue weighted by Crippen LogP contribution is 2.43. The van der Waals surface area contributed by atoms with Gasteiger partial charge < -0.3 is 14.6 Å². The van der Waals surface area contributed by atoms with Gasteiger partial charge in [-0.1, -0.05) is 13.8 Å². The number of methoxy groups -OCH3 is 1. The highest BCUT2D eigenvalue weighted by Gasteiger charge is 2.37. The Morgan fingerprint density at radius 2 is 2.10 bits per heavy atom. The van der Waals surface area contributed by atoms with E-state index in [4.69, 9.17) is 4.74 Å². The van der Waals surface area contributed by atoms with Crippen LogP contribution in [0.2, 0.25) is 0 Å². The van der Waals surface area contributed by atoms with Crippen molar-refractivity contribution in [3.8, 4) is 0 Å². The van der Waals surface area contributed by atoms with Gasteiger partial charge in [-0.25, -0.2) is 0 Å². The second-order valence-electron chi connectivity index (χ2n) is 5.99. The van der Waals surface area contributed by atoms with Gasteiger partial charge >= 0.3 is 5.97 Å². The van der Waals surface area contributed by atoms with Gasteiger partial charge in [0, 0.05) is 6.42 Å². The van der Waals surface area contributed by atoms with Crippen LogP contribution in [-0.2, 0) is 14.3 Å². The van der Waals surface area contributed by atoms with Crippen molar-refractivity contribution in [3.63, 3.8) is 0 Å². The number of carbonyl (C=O) groups excluding carboxylic acids is 1. The van der Waals surface area contributed by atoms with Crippen LogP contribution >= 0.6 is 0 Å². The summed E-state index contributed by atoms with van der Waals surface area (Å²) < 4.78 is 5.19. The van der Waals surface area contributed by atoms with E-state index in [0.29, 0.717) is 12.3 Å². The Kier molecular flexibility index (Phi) is 6.24. The molecule has 0 aliphatic heterocycles. The summed E-state index contributed by atoms with van der Waals surface area (Å²) in [4.78, 5) is 22.5. The maximum Gasteiger partial charge on any atom is 0.306 e. The molecule has 4 nitrogen and oxygen atoms in total. The van der Waals surface area contributed by atoms with Crippen molar-refractivity contribution in [2.75, 3.05) is 7.11 Å². The molecule has 0 amide bonds. The number of carbonyl (C=O) groups is 2. The van der Waals surface area contributed by atoms with Gasteiger partial charge in [-0.05, 0) is 49.5 Å². The molecule has 0 heterocycles. The van der Waals surface area contributed by atoms with Crippen molar-refractivity contribution < 1.29 is 19.4 Å². The molecule has 0 aromatic carbocycles. The number of hydrogen-bond acceptors (Lipinski definition) is 3. The number of allylic oxidation sites excluding steroid dienone is 1. The maximum atomic E-state index is 11.3. The van der Waals surface area contributed by atoms with E-state index in [2.05, 4.69) is 6.92 Å². The molecule has 114 valence electrons. The van der Waals surface area contributed by atoms with E-state index in [9.17, 15) is 14.7 Å². The van der Waals surface area contributed by atoms with Crippen LogP contribution in [-0.4, -0.2) is 24.0 Å². The second-order valence-corrected chi connectivity index (χ2v) is 5.99. The summed E-state index contributed by atoms with van der Waals surface area (Å²) in [7, 11) is 1.59. The largest absolute Gasteiger partial charge is 0.504 e. The fourth-order valence-electron chi connectivity index (χ4n) is 3.25. The van der Waals surface area contributed by atoms with E-state index in [0.717, 1.165) is 24.8 Å². The van der Waals surface area contributed by atoms with Gasteiger partial charge in [0.2, 0.25) is 0 Å². The zero-order valence-electron chi connectivity index (χ0n) is 12.9. The van der Waals surface area contributed by atoms with Crippen LogP contribution in [0.5, 0.6) is 0 Å². The molecule has 1 aliphatic carbocycles. The number of carboxylic acids is 1. The van der Waals surface area contributed by atoms with Crippen LogP contribution in [0.3, 0.4) is 0 Å². The summed E-state index contributed by atoms with van der Waals surface area (Å²) in [5.41, 5.74) is 1.07. The van der Waals surface area contributed by atoms with Crippen LogP contribution in [0.15, 0.2) is 11.8 Å². The third-order valence-corrected chi connectivity index (χ3v) is 4.53. The Labute approximate surface area is 121 Å². The van der Waals surface area contributed by atoms with Gasteiger partial charge in [0.1, 0.15) is 5.78 Å². The minimum Gasteiger partial charge on any atom is -0.504 e. The predicted octanol–water partition coefficient (Wildman–Crippen LogP) is 3.27. The Morgan fingerprint density at radius 3 is 2.60 bits per heavy atom. The summed E-state index contributed by atoms with van der Waals surface area (Å²) in [5.74, 6) is -0.268. The molecule has 4 atom stereocenters. The van der Waals surface area contributed by atoms with Crippen LogP contribution in [0.1, 0.15) is 46.5 Å². The normalized spacial score (nSPS) is 30.0. The number of rotatable bonds is 6. The van der Waals surface area contributed by atoms with Crippen molar-refractivity contribution >= 4 is 11.8 Å². The first-order valence-corrected chi connectivity index (χ1v) is 7.33. The third kappa shape index (κ3) is 4.09. The number of ether oxygens (including phenoxy) is 1. The van der Waals surface area contributed by atoms with Crippen LogP contribution in [0, 0.1) is 23.7 Å². The zero-order valence-corrected chi connectivity index (χ0v) is 12.9. The molecule has 0 radical (unpaired) electrons. The summed E-state index contributed by atoms with van der Waals surface area (Å²) in [6.07, 6.45) is 4.93. The minimum absolute atomic E-state index is 0.0145. The zero-order chi connectivity index (χ0) is 15.3. The van der Waals surface area contributed by atoms with Crippen molar-refractivity contribution in [3.05, 3.63) is 11.8 Å². The predicted molar refractivity (Wildman–Crippen MR) is 77.2 cm³/mol. The molecule has 1 fully saturated rings. The number of ketones is 1. The molecule has 20 heavy (non-hydrogen) atoms. The molecular weight excluding hydrogens is 256 g/mol. The van der Waals surface area contributed by atoms with E-state index < -0.39 is 11.9 Å². The summed E-state index contributed by atoms with van der Waals surface area (Å²) in [6, 6.07) is 0. The van der Waals surface area contributed by atoms with Crippen molar-refractivity contribution in [2.45, 2.75) is 46.5 Å². The minimum atomic E-state index is -0.767. The lowest BCUT2D eigenvalue weighted by Gasteiger charge is -2.38. The van der Waals surface area contributed by atoms with E-state index in [1.54, 1.807) is 27.2 Å². The molecule has 0 spiro atoms. The van der Waals surface area contributed by atoms with Crippen molar-refractivity contribution in [1.29, 1.82) is 0 Å². The first-order chi connectivity index (χ1) is 9.38. The number of Topliss-reactive ketones (excluding diaryl/α,β-unsaturated/α-hetero) is 1. The molecule has 0 aromatic heterocycles. The maximum absolute atomic E-state index is 11.3. The first-order valence-electron chi connectivity index (χ1n) is 7.33. The van der Waals surface area contributed by atoms with E-state index in [1.807, 2.05) is 0 Å². The lowest BCUT2D eigenvalue weighted by molar-refractivity contribution is -0.143. The summed E-state index contributed by atoms with van der Waals surface area (Å²) >= 11 is 0. The number of aliphatic carboxylic acids is 1. The van der Waals surface area contributed by atoms with E-state index in [1.165, 1.54) is 0 Å². The Bertz CT molecular complexity index is 386. The van der Waals surface area contributed by atoms with E-state index in [-0.39, 0.29) is 17.6 Å². The van der Waals surface area contributed by atoms with Gasteiger partial charge in [-0.2, -0.15) is 0 Å². The Balaban J connectivity index is 2.96. The van der Waals surface area contributed by atoms with Crippen LogP contribution in [0.25, 0.3) is 0 Å². The molecule has 1 rings (SSSR count). The Morgan fingerprint density at radius 1 is 1.45 bits per heavy atom. The first kappa shape index (κ1) is 16.7. The fraction of sp³-hybridized carbons (Fsp3) is 0.750. The summed E-state index contributed by atoms with van der Waals surface area (Å²) in [6.45, 7) is 5.54. The van der Waals surface area contributed by atoms with Gasteiger partial charge in [-0.15, -0.1) is 0 Å². The Hall–Kier alpha value is -1.32. The third-order valence-electron chi connectivity index (χ3n) is 4.53. The fourth-order valence-corrected chi connectivity index (χ4v) is 3.25. The van der Waals surface area contributed by atoms with Crippen LogP contribution in [0.4, 0.5) is 0 Å². The molecule has 1 aliphatic rings. The smallest absolute Gasteiger partial charge is 0.306 e. The van der Waals surface area contributed by atoms with Crippen LogP contribution < -0.4 is 0 Å². The van der Waals surface area contributed by atoms with Gasteiger partial charge in [0.25, 0.3) is 0 Å². The molecule has 1 N–H and O–H groups in total. The molecular formula is C16H26O4. The topological polar surface area (TPSA) is 63.6 Å². The van der Waals surface area contributed by atoms with Gasteiger partial charge in [-0.3, -0.25) is 4.79 Å². The quantitative estimate of drug-likeness (QED) is 0.759. The van der Waals surface area contributed by atoms with Gasteiger partial charge in [0.05, 0.1) is 19.3 Å². The van der Waals surface area contributed by atoms with Crippen molar-refractivity contribution in [2.24, 2.45) is 23.7 Å². The lowest BCUT2D eigenvalue weighted by atomic mass is 9.66. The molecule has 0 bridgehead atoms. The highest BCUT2D eigenvalue weighted by molar-refractivity contribution is 5.75. The van der Waals surface area contributed by atoms with Gasteiger partial charge in [0.15, 0.2) is 0 Å². The van der Waals surface area contributed by atoms with Crippen molar-refractivity contribution in [1.82, 2.24) is 0 Å². The second kappa shape index (κ2) is 7.46. The molecule has 4 heteroatoms. The van der Waals surface area contributed by atoms with E-state index >= 15 is 0 Å². The molecule has 0 aromatic rings. The number of hydrogen-bond donors (Lipinski definition) is 1. The average Bonchev–Trinajstić information content (AvgIpc) is 2.37. The molecule has 0 unspecified atom stereocenters. The lowest BCUT2D eigenvalue weighted by Crippen LogP contribution is -2.33. The standard InChI is InChI=1S/C16H26O4/c1-10-5-7-14(12(3)16(18)19)15(9-20-4)13(10)8-6-11(2)17/h9-10,12-14H,5-8H2,1-4H3,(H,18,19)/t10-,12-,13+,14+/m1/s1. The molecule has 1 saturated carbocycles. The number of carboxylic acid groups (broad SMARTS) is 1.